The summed E-state index contributed by atoms with van der Waals surface area (Å²) in [5, 5.41) is 4.88. The highest BCUT2D eigenvalue weighted by molar-refractivity contribution is 7.26. The molecule has 4 nitrogen and oxygen atoms in total. The van der Waals surface area contributed by atoms with E-state index >= 15 is 0 Å². The van der Waals surface area contributed by atoms with Gasteiger partial charge >= 0.3 is 0 Å². The van der Waals surface area contributed by atoms with Gasteiger partial charge in [0.2, 0.25) is 0 Å². The number of hydrogen-bond acceptors (Lipinski definition) is 4. The van der Waals surface area contributed by atoms with Crippen molar-refractivity contribution in [1.82, 2.24) is 9.47 Å². The summed E-state index contributed by atoms with van der Waals surface area (Å²) in [6.07, 6.45) is 15.9. The van der Waals surface area contributed by atoms with Crippen molar-refractivity contribution in [3.63, 3.8) is 0 Å². The van der Waals surface area contributed by atoms with Gasteiger partial charge in [-0.1, -0.05) is 141 Å². The molecule has 0 amide bonds. The number of aromatic nitrogens is 1. The van der Waals surface area contributed by atoms with Crippen LogP contribution in [0, 0.1) is 6.92 Å². The Labute approximate surface area is 321 Å². The number of aliphatic imine (C=N–C) groups is 2. The van der Waals surface area contributed by atoms with E-state index in [9.17, 15) is 0 Å². The van der Waals surface area contributed by atoms with Gasteiger partial charge in [-0.2, -0.15) is 0 Å². The lowest BCUT2D eigenvalue weighted by Crippen LogP contribution is -2.41. The zero-order valence-electron chi connectivity index (χ0n) is 31.1. The largest absolute Gasteiger partial charge is 0.333 e. The minimum absolute atomic E-state index is 0.312. The third-order valence-corrected chi connectivity index (χ3v) is 11.4. The molecule has 1 aliphatic rings. The molecule has 7 aromatic rings. The summed E-state index contributed by atoms with van der Waals surface area (Å²) in [6, 6.07) is 36.9. The van der Waals surface area contributed by atoms with Gasteiger partial charge in [0.1, 0.15) is 12.0 Å². The lowest BCUT2D eigenvalue weighted by Gasteiger charge is -2.33. The maximum absolute atomic E-state index is 5.48. The van der Waals surface area contributed by atoms with Crippen LogP contribution < -0.4 is 0 Å². The topological polar surface area (TPSA) is 32.9 Å². The Morgan fingerprint density at radius 3 is 2.30 bits per heavy atom. The van der Waals surface area contributed by atoms with Crippen molar-refractivity contribution < 1.29 is 0 Å². The third kappa shape index (κ3) is 5.87. The van der Waals surface area contributed by atoms with Crippen molar-refractivity contribution in [1.29, 1.82) is 0 Å². The van der Waals surface area contributed by atoms with Gasteiger partial charge in [0.15, 0.2) is 5.84 Å². The normalized spacial score (nSPS) is 15.6. The van der Waals surface area contributed by atoms with Crippen LogP contribution >= 0.6 is 11.3 Å². The summed E-state index contributed by atoms with van der Waals surface area (Å²) in [4.78, 5) is 13.1. The molecule has 8 rings (SSSR count). The summed E-state index contributed by atoms with van der Waals surface area (Å²) in [5.41, 5.74) is 9.88. The molecule has 264 valence electrons. The van der Waals surface area contributed by atoms with Gasteiger partial charge in [0, 0.05) is 49.1 Å². The van der Waals surface area contributed by atoms with Crippen LogP contribution in [0.3, 0.4) is 0 Å². The first kappa shape index (κ1) is 34.8. The number of likely N-dealkylation sites (N-methyl/N-ethyl adjacent to an activating group) is 1. The van der Waals surface area contributed by atoms with Crippen LogP contribution in [0.2, 0.25) is 0 Å². The highest BCUT2D eigenvalue weighted by Gasteiger charge is 2.29. The number of para-hydroxylation sites is 1. The molecular weight excluding hydrogens is 677 g/mol. The fraction of sp³-hybridized carbons (Fsp3) is 0.102. The van der Waals surface area contributed by atoms with Gasteiger partial charge in [-0.05, 0) is 67.3 Å². The molecule has 1 aliphatic heterocycles. The standard InChI is InChI=1S/C49H42N4S/c1-7-11-21-33(10-4)36-28-29-38-37-24-15-17-26-41(37)53(43(38)30-36)42-31-40(46-45(32(42)5)39-25-16-18-27-44(39)54-46)47-50-48(34(19-8-2)20-9-3)52(6)49(51-47)35-22-13-12-14-23-35/h7-31,48H,2,4H2,1,3,5-6H3/b11-7-,20-9-,33-21+,34-19+. The lowest BCUT2D eigenvalue weighted by atomic mass is 10.00. The average molecular weight is 719 g/mol. The van der Waals surface area contributed by atoms with Crippen LogP contribution in [0.1, 0.15) is 36.1 Å². The van der Waals surface area contributed by atoms with Gasteiger partial charge in [0.25, 0.3) is 0 Å². The van der Waals surface area contributed by atoms with E-state index in [4.69, 9.17) is 9.98 Å². The van der Waals surface area contributed by atoms with E-state index in [1.807, 2.05) is 55.6 Å². The van der Waals surface area contributed by atoms with E-state index < -0.39 is 0 Å². The zero-order chi connectivity index (χ0) is 37.3. The number of benzene rings is 5. The number of thiophene rings is 1. The van der Waals surface area contributed by atoms with Crippen molar-refractivity contribution in [3.05, 3.63) is 193 Å². The molecule has 5 aromatic carbocycles. The second-order valence-corrected chi connectivity index (χ2v) is 14.5. The number of hydrogen-bond donors (Lipinski definition) is 0. The molecule has 1 unspecified atom stereocenters. The van der Waals surface area contributed by atoms with Crippen LogP contribution in [0.25, 0.3) is 53.2 Å². The fourth-order valence-corrected chi connectivity index (χ4v) is 8.97. The molecule has 0 saturated carbocycles. The maximum atomic E-state index is 5.48. The van der Waals surface area contributed by atoms with E-state index in [-0.39, 0.29) is 6.17 Å². The molecule has 1 atom stereocenters. The van der Waals surface area contributed by atoms with Gasteiger partial charge in [0.05, 0.1) is 16.7 Å². The minimum Gasteiger partial charge on any atom is -0.333 e. The molecule has 5 heteroatoms. The van der Waals surface area contributed by atoms with Crippen LogP contribution in [0.4, 0.5) is 0 Å². The van der Waals surface area contributed by atoms with Crippen LogP contribution in [-0.4, -0.2) is 34.4 Å². The first-order chi connectivity index (χ1) is 26.5. The molecule has 54 heavy (non-hydrogen) atoms. The predicted octanol–water partition coefficient (Wildman–Crippen LogP) is 12.8. The molecule has 0 spiro atoms. The van der Waals surface area contributed by atoms with E-state index in [1.165, 1.54) is 36.5 Å². The summed E-state index contributed by atoms with van der Waals surface area (Å²) in [7, 11) is 2.07. The van der Waals surface area contributed by atoms with Gasteiger partial charge in [-0.25, -0.2) is 9.98 Å². The second-order valence-electron chi connectivity index (χ2n) is 13.4. The Hall–Kier alpha value is -6.30. The Morgan fingerprint density at radius 1 is 0.796 bits per heavy atom. The van der Waals surface area contributed by atoms with Gasteiger partial charge < -0.3 is 9.47 Å². The number of allylic oxidation sites excluding steroid dienone is 8. The second kappa shape index (κ2) is 14.6. The molecule has 0 radical (unpaired) electrons. The van der Waals surface area contributed by atoms with Crippen molar-refractivity contribution in [2.75, 3.05) is 7.05 Å². The van der Waals surface area contributed by atoms with E-state index in [1.54, 1.807) is 0 Å². The summed E-state index contributed by atoms with van der Waals surface area (Å²) < 4.78 is 4.86. The lowest BCUT2D eigenvalue weighted by molar-refractivity contribution is 0.421. The molecule has 0 N–H and O–H groups in total. The monoisotopic (exact) mass is 718 g/mol. The highest BCUT2D eigenvalue weighted by Crippen LogP contribution is 2.43. The summed E-state index contributed by atoms with van der Waals surface area (Å²) in [6.45, 7) is 14.5. The highest BCUT2D eigenvalue weighted by atomic mass is 32.1. The molecule has 0 fully saturated rings. The molecule has 0 aliphatic carbocycles. The quantitative estimate of drug-likeness (QED) is 0.137. The van der Waals surface area contributed by atoms with Crippen molar-refractivity contribution in [2.45, 2.75) is 26.9 Å². The van der Waals surface area contributed by atoms with Crippen LogP contribution in [-0.2, 0) is 0 Å². The Morgan fingerprint density at radius 2 is 1.54 bits per heavy atom. The molecular formula is C49H42N4S. The summed E-state index contributed by atoms with van der Waals surface area (Å²) >= 11 is 1.81. The zero-order valence-corrected chi connectivity index (χ0v) is 31.9. The van der Waals surface area contributed by atoms with E-state index in [2.05, 4.69) is 158 Å². The maximum Gasteiger partial charge on any atom is 0.160 e. The Bertz CT molecular complexity index is 2800. The number of aryl methyl sites for hydroxylation is 1. The molecule has 3 heterocycles. The fourth-order valence-electron chi connectivity index (χ4n) is 7.70. The molecule has 0 saturated heterocycles. The van der Waals surface area contributed by atoms with Crippen LogP contribution in [0.5, 0.6) is 0 Å². The smallest absolute Gasteiger partial charge is 0.160 e. The average Bonchev–Trinajstić information content (AvgIpc) is 3.75. The Balaban J connectivity index is 1.49. The van der Waals surface area contributed by atoms with E-state index in [0.29, 0.717) is 5.84 Å². The van der Waals surface area contributed by atoms with E-state index in [0.717, 1.165) is 50.4 Å². The number of fused-ring (bicyclic) bond motifs is 6. The SMILES string of the molecule is C=C/C=C(\C=C/C)C1N=C(c2cc(-n3c4ccccc4c4ccc(/C(C=C)=C/C=C\C)cc43)c(C)c3c2sc2ccccc23)N=C(c2ccccc2)N1C. The van der Waals surface area contributed by atoms with Crippen molar-refractivity contribution >= 4 is 70.6 Å². The van der Waals surface area contributed by atoms with Gasteiger partial charge in [-0.15, -0.1) is 11.3 Å². The number of amidine groups is 2. The summed E-state index contributed by atoms with van der Waals surface area (Å²) in [5.74, 6) is 1.58. The number of nitrogens with zero attached hydrogens (tertiary/aromatic N) is 4. The third-order valence-electron chi connectivity index (χ3n) is 10.2. The Kier molecular flexibility index (Phi) is 9.41. The van der Waals surface area contributed by atoms with Crippen molar-refractivity contribution in [3.8, 4) is 5.69 Å². The first-order valence-electron chi connectivity index (χ1n) is 18.3. The molecule has 2 aromatic heterocycles. The first-order valence-corrected chi connectivity index (χ1v) is 19.1. The van der Waals surface area contributed by atoms with Crippen molar-refractivity contribution in [2.24, 2.45) is 9.98 Å². The molecule has 0 bridgehead atoms. The predicted molar refractivity (Wildman–Crippen MR) is 236 cm³/mol. The van der Waals surface area contributed by atoms with Crippen LogP contribution in [0.15, 0.2) is 180 Å². The number of rotatable bonds is 9. The van der Waals surface area contributed by atoms with Gasteiger partial charge in [-0.3, -0.25) is 0 Å². The minimum atomic E-state index is -0.312.